The molecule has 0 unspecified atom stereocenters. The van der Waals surface area contributed by atoms with Crippen molar-refractivity contribution in [2.75, 3.05) is 23.3 Å². The van der Waals surface area contributed by atoms with E-state index < -0.39 is 5.41 Å². The minimum atomic E-state index is -0.491. The standard InChI is InChI=1S/C38H36N2O3/c1-26-6-4-8-33(18-26)39-22-28-20-31(12-16-36(28)42-24-39)38(3,30-10-14-35(41)15-11-30)32-13-17-37-29(21-32)23-40(25-43-37)34-9-5-7-27(2)19-34/h4-21,41H,22-25H2,1-3H3. The second-order valence-corrected chi connectivity index (χ2v) is 11.9. The highest BCUT2D eigenvalue weighted by Crippen LogP contribution is 2.43. The average molecular weight is 569 g/mol. The molecule has 216 valence electrons. The van der Waals surface area contributed by atoms with Crippen LogP contribution in [0.2, 0.25) is 0 Å². The van der Waals surface area contributed by atoms with Crippen LogP contribution in [0.15, 0.2) is 109 Å². The number of aryl methyl sites for hydroxylation is 2. The van der Waals surface area contributed by atoms with Crippen molar-refractivity contribution in [3.05, 3.63) is 148 Å². The molecule has 5 nitrogen and oxygen atoms in total. The van der Waals surface area contributed by atoms with Crippen LogP contribution in [0, 0.1) is 13.8 Å². The lowest BCUT2D eigenvalue weighted by Crippen LogP contribution is -2.33. The predicted octanol–water partition coefficient (Wildman–Crippen LogP) is 8.08. The Bertz CT molecular complexity index is 1690. The fraction of sp³-hybridized carbons (Fsp3) is 0.211. The molecule has 0 aliphatic carbocycles. The van der Waals surface area contributed by atoms with E-state index >= 15 is 0 Å². The quantitative estimate of drug-likeness (QED) is 0.217. The molecule has 5 aromatic carbocycles. The molecule has 0 fully saturated rings. The summed E-state index contributed by atoms with van der Waals surface area (Å²) in [6.45, 7) is 9.08. The van der Waals surface area contributed by atoms with E-state index in [2.05, 4.69) is 116 Å². The van der Waals surface area contributed by atoms with E-state index in [9.17, 15) is 5.11 Å². The molecule has 0 saturated carbocycles. The number of ether oxygens (including phenoxy) is 2. The Morgan fingerprint density at radius 3 is 1.51 bits per heavy atom. The van der Waals surface area contributed by atoms with Crippen LogP contribution < -0.4 is 19.3 Å². The molecule has 0 radical (unpaired) electrons. The van der Waals surface area contributed by atoms with Crippen LogP contribution in [-0.2, 0) is 18.5 Å². The van der Waals surface area contributed by atoms with Crippen molar-refractivity contribution in [1.82, 2.24) is 0 Å². The zero-order valence-corrected chi connectivity index (χ0v) is 24.9. The zero-order valence-electron chi connectivity index (χ0n) is 24.9. The molecule has 1 N–H and O–H groups in total. The summed E-state index contributed by atoms with van der Waals surface area (Å²) in [4.78, 5) is 4.54. The monoisotopic (exact) mass is 568 g/mol. The highest BCUT2D eigenvalue weighted by molar-refractivity contribution is 5.58. The first kappa shape index (κ1) is 27.0. The van der Waals surface area contributed by atoms with Gasteiger partial charge in [0.2, 0.25) is 0 Å². The summed E-state index contributed by atoms with van der Waals surface area (Å²) < 4.78 is 12.5. The van der Waals surface area contributed by atoms with Crippen LogP contribution in [0.1, 0.15) is 45.9 Å². The van der Waals surface area contributed by atoms with Gasteiger partial charge in [0, 0.05) is 41.0 Å². The molecule has 2 heterocycles. The third-order valence-corrected chi connectivity index (χ3v) is 8.93. The Morgan fingerprint density at radius 2 is 1.05 bits per heavy atom. The van der Waals surface area contributed by atoms with E-state index in [-0.39, 0.29) is 5.75 Å². The first-order chi connectivity index (χ1) is 20.9. The number of anilines is 2. The largest absolute Gasteiger partial charge is 0.508 e. The first-order valence-electron chi connectivity index (χ1n) is 14.8. The van der Waals surface area contributed by atoms with E-state index in [1.807, 2.05) is 12.1 Å². The fourth-order valence-corrected chi connectivity index (χ4v) is 6.38. The number of rotatable bonds is 5. The Labute approximate surface area is 253 Å². The van der Waals surface area contributed by atoms with Gasteiger partial charge >= 0.3 is 0 Å². The van der Waals surface area contributed by atoms with Gasteiger partial charge in [-0.2, -0.15) is 0 Å². The average Bonchev–Trinajstić information content (AvgIpc) is 3.03. The van der Waals surface area contributed by atoms with Crippen molar-refractivity contribution >= 4 is 11.4 Å². The SMILES string of the molecule is Cc1cccc(N2COc3ccc(C(C)(c4ccc(O)cc4)c4ccc5c(c4)CN(c4cccc(C)c4)CO5)cc3C2)c1. The molecule has 0 bridgehead atoms. The number of phenols is 1. The van der Waals surface area contributed by atoms with E-state index in [0.717, 1.165) is 52.7 Å². The third-order valence-electron chi connectivity index (χ3n) is 8.93. The van der Waals surface area contributed by atoms with E-state index in [1.54, 1.807) is 12.1 Å². The Morgan fingerprint density at radius 1 is 0.581 bits per heavy atom. The van der Waals surface area contributed by atoms with Gasteiger partial charge in [0.15, 0.2) is 13.5 Å². The molecule has 2 aliphatic heterocycles. The van der Waals surface area contributed by atoms with Gasteiger partial charge in [-0.3, -0.25) is 0 Å². The summed E-state index contributed by atoms with van der Waals surface area (Å²) in [7, 11) is 0. The topological polar surface area (TPSA) is 45.2 Å². The molecule has 0 amide bonds. The lowest BCUT2D eigenvalue weighted by atomic mass is 9.70. The molecule has 0 aromatic heterocycles. The van der Waals surface area contributed by atoms with Gasteiger partial charge in [-0.05, 0) is 109 Å². The van der Waals surface area contributed by atoms with Gasteiger partial charge in [-0.25, -0.2) is 0 Å². The smallest absolute Gasteiger partial charge is 0.161 e. The minimum absolute atomic E-state index is 0.256. The number of nitrogens with zero attached hydrogens (tertiary/aromatic N) is 2. The van der Waals surface area contributed by atoms with Gasteiger partial charge in [0.05, 0.1) is 0 Å². The van der Waals surface area contributed by atoms with E-state index in [1.165, 1.54) is 22.3 Å². The van der Waals surface area contributed by atoms with E-state index in [4.69, 9.17) is 9.47 Å². The summed E-state index contributed by atoms with van der Waals surface area (Å²) >= 11 is 0. The fourth-order valence-electron chi connectivity index (χ4n) is 6.38. The zero-order chi connectivity index (χ0) is 29.6. The lowest BCUT2D eigenvalue weighted by molar-refractivity contribution is 0.289. The maximum absolute atomic E-state index is 10.1. The number of phenolic OH excluding ortho intramolecular Hbond substituents is 1. The van der Waals surface area contributed by atoms with Gasteiger partial charge in [-0.1, -0.05) is 48.5 Å². The van der Waals surface area contributed by atoms with Gasteiger partial charge < -0.3 is 24.4 Å². The molecule has 0 saturated heterocycles. The molecule has 0 spiro atoms. The summed E-state index contributed by atoms with van der Waals surface area (Å²) in [5.41, 5.74) is 10.0. The van der Waals surface area contributed by atoms with Crippen molar-refractivity contribution in [3.63, 3.8) is 0 Å². The summed E-state index contributed by atoms with van der Waals surface area (Å²) in [5.74, 6) is 2.10. The molecule has 0 atom stereocenters. The number of aromatic hydroxyl groups is 1. The molecule has 7 rings (SSSR count). The van der Waals surface area contributed by atoms with Crippen LogP contribution in [0.25, 0.3) is 0 Å². The Kier molecular flexibility index (Phi) is 6.73. The first-order valence-corrected chi connectivity index (χ1v) is 14.8. The van der Waals surface area contributed by atoms with Crippen LogP contribution >= 0.6 is 0 Å². The number of hydrogen-bond acceptors (Lipinski definition) is 5. The third kappa shape index (κ3) is 5.05. The van der Waals surface area contributed by atoms with Crippen LogP contribution in [0.3, 0.4) is 0 Å². The van der Waals surface area contributed by atoms with Crippen LogP contribution in [-0.4, -0.2) is 18.6 Å². The predicted molar refractivity (Wildman–Crippen MR) is 172 cm³/mol. The molecule has 2 aliphatic rings. The van der Waals surface area contributed by atoms with Crippen molar-refractivity contribution in [1.29, 1.82) is 0 Å². The molecule has 5 heteroatoms. The van der Waals surface area contributed by atoms with Crippen LogP contribution in [0.4, 0.5) is 11.4 Å². The molecule has 5 aromatic rings. The Balaban J connectivity index is 1.29. The number of hydrogen-bond donors (Lipinski definition) is 1. The molecular weight excluding hydrogens is 532 g/mol. The summed E-state index contributed by atoms with van der Waals surface area (Å²) in [5, 5.41) is 10.1. The maximum atomic E-state index is 10.1. The van der Waals surface area contributed by atoms with Crippen molar-refractivity contribution in [2.45, 2.75) is 39.3 Å². The van der Waals surface area contributed by atoms with E-state index in [0.29, 0.717) is 13.5 Å². The van der Waals surface area contributed by atoms with Crippen molar-refractivity contribution in [3.8, 4) is 17.2 Å². The Hall–Kier alpha value is -4.90. The lowest BCUT2D eigenvalue weighted by Gasteiger charge is -2.36. The van der Waals surface area contributed by atoms with Crippen LogP contribution in [0.5, 0.6) is 17.2 Å². The summed E-state index contributed by atoms with van der Waals surface area (Å²) in [6, 6.07) is 37.9. The van der Waals surface area contributed by atoms with Gasteiger partial charge in [0.25, 0.3) is 0 Å². The number of benzene rings is 5. The van der Waals surface area contributed by atoms with Gasteiger partial charge in [-0.15, -0.1) is 0 Å². The van der Waals surface area contributed by atoms with Crippen molar-refractivity contribution < 1.29 is 14.6 Å². The normalized spacial score (nSPS) is 14.4. The highest BCUT2D eigenvalue weighted by atomic mass is 16.5. The van der Waals surface area contributed by atoms with Crippen molar-refractivity contribution in [2.24, 2.45) is 0 Å². The second-order valence-electron chi connectivity index (χ2n) is 11.9. The maximum Gasteiger partial charge on any atom is 0.161 e. The molecular formula is C38H36N2O3. The summed E-state index contributed by atoms with van der Waals surface area (Å²) in [6.07, 6.45) is 0. The minimum Gasteiger partial charge on any atom is -0.508 e. The van der Waals surface area contributed by atoms with Gasteiger partial charge in [0.1, 0.15) is 17.2 Å². The second kappa shape index (κ2) is 10.7. The molecule has 43 heavy (non-hydrogen) atoms. The highest BCUT2D eigenvalue weighted by Gasteiger charge is 2.34. The number of fused-ring (bicyclic) bond motifs is 2.